The van der Waals surface area contributed by atoms with Gasteiger partial charge in [0.15, 0.2) is 0 Å². The molecule has 4 aliphatic carbocycles. The van der Waals surface area contributed by atoms with E-state index in [0.29, 0.717) is 0 Å². The van der Waals surface area contributed by atoms with E-state index < -0.39 is 0 Å². The standard InChI is InChI=1S/C19H19N3/c20-18-12-14-2-3-15-5-7-17(9-8-16(18)6-4-14)19(13-15)22-11-1-10-21-22/h1,4-7,10-13H,2-3,8-9,20H2. The molecule has 2 aromatic carbocycles. The molecule has 7 rings (SSSR count). The van der Waals surface area contributed by atoms with Gasteiger partial charge in [0.2, 0.25) is 0 Å². The van der Waals surface area contributed by atoms with Crippen molar-refractivity contribution in [3.05, 3.63) is 77.1 Å². The molecular weight excluding hydrogens is 270 g/mol. The van der Waals surface area contributed by atoms with Crippen molar-refractivity contribution < 1.29 is 0 Å². The van der Waals surface area contributed by atoms with Crippen LogP contribution in [0.1, 0.15) is 22.3 Å². The van der Waals surface area contributed by atoms with Crippen LogP contribution >= 0.6 is 0 Å². The van der Waals surface area contributed by atoms with Crippen LogP contribution in [0.3, 0.4) is 0 Å². The highest BCUT2D eigenvalue weighted by atomic mass is 15.3. The van der Waals surface area contributed by atoms with Crippen molar-refractivity contribution in [2.75, 3.05) is 5.73 Å². The van der Waals surface area contributed by atoms with Crippen LogP contribution in [0.4, 0.5) is 5.69 Å². The molecule has 3 aromatic rings. The van der Waals surface area contributed by atoms with Gasteiger partial charge in [-0.2, -0.15) is 5.10 Å². The summed E-state index contributed by atoms with van der Waals surface area (Å²) in [6.45, 7) is 0. The van der Waals surface area contributed by atoms with Crippen molar-refractivity contribution in [2.24, 2.45) is 0 Å². The lowest BCUT2D eigenvalue weighted by Gasteiger charge is -2.15. The quantitative estimate of drug-likeness (QED) is 0.698. The molecule has 0 spiro atoms. The Balaban J connectivity index is 1.80. The first-order valence-corrected chi connectivity index (χ1v) is 7.79. The molecule has 0 amide bonds. The summed E-state index contributed by atoms with van der Waals surface area (Å²) in [5.41, 5.74) is 13.5. The van der Waals surface area contributed by atoms with Crippen LogP contribution in [0.15, 0.2) is 54.9 Å². The maximum atomic E-state index is 6.21. The van der Waals surface area contributed by atoms with Gasteiger partial charge in [-0.1, -0.05) is 24.3 Å². The third-order valence-electron chi connectivity index (χ3n) is 4.48. The second kappa shape index (κ2) is 5.34. The zero-order valence-corrected chi connectivity index (χ0v) is 12.5. The molecule has 4 bridgehead atoms. The number of aryl methyl sites for hydroxylation is 4. The lowest BCUT2D eigenvalue weighted by molar-refractivity contribution is 0.838. The zero-order chi connectivity index (χ0) is 14.9. The molecule has 2 N–H and O–H groups in total. The monoisotopic (exact) mass is 289 g/mol. The molecule has 4 aliphatic rings. The predicted octanol–water partition coefficient (Wildman–Crippen LogP) is 3.34. The van der Waals surface area contributed by atoms with Crippen LogP contribution < -0.4 is 5.73 Å². The van der Waals surface area contributed by atoms with Gasteiger partial charge >= 0.3 is 0 Å². The smallest absolute Gasteiger partial charge is 0.0680 e. The lowest BCUT2D eigenvalue weighted by atomic mass is 9.94. The van der Waals surface area contributed by atoms with E-state index in [1.807, 2.05) is 23.1 Å². The Morgan fingerprint density at radius 3 is 2.32 bits per heavy atom. The van der Waals surface area contributed by atoms with Gasteiger partial charge in [0.1, 0.15) is 0 Å². The SMILES string of the molecule is Nc1cc2ccc1CCc1ccc(cc1-n1cccn1)CC2. The molecule has 0 aliphatic heterocycles. The number of hydrogen-bond donors (Lipinski definition) is 1. The summed E-state index contributed by atoms with van der Waals surface area (Å²) in [4.78, 5) is 0. The van der Waals surface area contributed by atoms with E-state index in [9.17, 15) is 0 Å². The van der Waals surface area contributed by atoms with Crippen molar-refractivity contribution in [3.8, 4) is 5.69 Å². The number of nitrogen functional groups attached to an aromatic ring is 1. The van der Waals surface area contributed by atoms with Crippen LogP contribution in [0.5, 0.6) is 0 Å². The minimum atomic E-state index is 0.924. The second-order valence-corrected chi connectivity index (χ2v) is 5.95. The molecule has 0 fully saturated rings. The molecule has 0 radical (unpaired) electrons. The summed E-state index contributed by atoms with van der Waals surface area (Å²) < 4.78 is 1.97. The Kier molecular flexibility index (Phi) is 3.19. The number of benzene rings is 2. The molecule has 3 heteroatoms. The van der Waals surface area contributed by atoms with Gasteiger partial charge in [0.05, 0.1) is 5.69 Å². The van der Waals surface area contributed by atoms with E-state index in [4.69, 9.17) is 5.73 Å². The van der Waals surface area contributed by atoms with Gasteiger partial charge in [-0.15, -0.1) is 0 Å². The number of rotatable bonds is 1. The Bertz CT molecular complexity index is 804. The van der Waals surface area contributed by atoms with Gasteiger partial charge in [0, 0.05) is 18.1 Å². The molecule has 1 heterocycles. The fraction of sp³-hybridized carbons (Fsp3) is 0.211. The maximum absolute atomic E-state index is 6.21. The molecular formula is C19H19N3. The summed E-state index contributed by atoms with van der Waals surface area (Å²) in [7, 11) is 0. The number of hydrogen-bond acceptors (Lipinski definition) is 2. The first kappa shape index (κ1) is 13.1. The minimum absolute atomic E-state index is 0.924. The summed E-state index contributed by atoms with van der Waals surface area (Å²) >= 11 is 0. The highest BCUT2D eigenvalue weighted by Crippen LogP contribution is 2.24. The molecule has 0 unspecified atom stereocenters. The van der Waals surface area contributed by atoms with Crippen molar-refractivity contribution in [1.29, 1.82) is 0 Å². The van der Waals surface area contributed by atoms with Crippen LogP contribution in [0, 0.1) is 0 Å². The largest absolute Gasteiger partial charge is 0.398 e. The predicted molar refractivity (Wildman–Crippen MR) is 89.2 cm³/mol. The average molecular weight is 289 g/mol. The van der Waals surface area contributed by atoms with E-state index in [1.54, 1.807) is 0 Å². The summed E-state index contributed by atoms with van der Waals surface area (Å²) in [6.07, 6.45) is 7.81. The number of nitrogens with two attached hydrogens (primary N) is 1. The second-order valence-electron chi connectivity index (χ2n) is 5.95. The summed E-state index contributed by atoms with van der Waals surface area (Å²) in [5, 5.41) is 4.41. The Morgan fingerprint density at radius 1 is 0.864 bits per heavy atom. The molecule has 0 saturated heterocycles. The van der Waals surface area contributed by atoms with Crippen molar-refractivity contribution in [2.45, 2.75) is 25.7 Å². The van der Waals surface area contributed by atoms with Crippen LogP contribution in [0.2, 0.25) is 0 Å². The van der Waals surface area contributed by atoms with Crippen LogP contribution in [-0.2, 0) is 25.7 Å². The number of nitrogens with zero attached hydrogens (tertiary/aromatic N) is 2. The highest BCUT2D eigenvalue weighted by Gasteiger charge is 2.11. The van der Waals surface area contributed by atoms with Crippen LogP contribution in [-0.4, -0.2) is 9.78 Å². The van der Waals surface area contributed by atoms with Crippen molar-refractivity contribution in [1.82, 2.24) is 9.78 Å². The van der Waals surface area contributed by atoms with E-state index >= 15 is 0 Å². The third-order valence-corrected chi connectivity index (χ3v) is 4.48. The van der Waals surface area contributed by atoms with Gasteiger partial charge in [-0.05, 0) is 66.1 Å². The fourth-order valence-corrected chi connectivity index (χ4v) is 3.19. The average Bonchev–Trinajstić information content (AvgIpc) is 3.04. The molecule has 0 saturated carbocycles. The number of anilines is 1. The van der Waals surface area contributed by atoms with Gasteiger partial charge in [-0.25, -0.2) is 4.68 Å². The molecule has 110 valence electrons. The minimum Gasteiger partial charge on any atom is -0.398 e. The van der Waals surface area contributed by atoms with Crippen LogP contribution in [0.25, 0.3) is 5.69 Å². The highest BCUT2D eigenvalue weighted by molar-refractivity contribution is 5.51. The van der Waals surface area contributed by atoms with Gasteiger partial charge in [0.25, 0.3) is 0 Å². The zero-order valence-electron chi connectivity index (χ0n) is 12.5. The lowest BCUT2D eigenvalue weighted by Crippen LogP contribution is -2.06. The maximum Gasteiger partial charge on any atom is 0.0680 e. The van der Waals surface area contributed by atoms with E-state index in [2.05, 4.69) is 41.5 Å². The van der Waals surface area contributed by atoms with Crippen molar-refractivity contribution >= 4 is 5.69 Å². The van der Waals surface area contributed by atoms with Crippen molar-refractivity contribution in [3.63, 3.8) is 0 Å². The van der Waals surface area contributed by atoms with E-state index in [0.717, 1.165) is 31.4 Å². The third kappa shape index (κ3) is 2.39. The topological polar surface area (TPSA) is 43.8 Å². The normalized spacial score (nSPS) is 13.8. The first-order valence-electron chi connectivity index (χ1n) is 7.79. The van der Waals surface area contributed by atoms with Gasteiger partial charge in [-0.3, -0.25) is 0 Å². The van der Waals surface area contributed by atoms with Gasteiger partial charge < -0.3 is 5.73 Å². The fourth-order valence-electron chi connectivity index (χ4n) is 3.19. The molecule has 3 nitrogen and oxygen atoms in total. The Hall–Kier alpha value is -2.55. The summed E-state index contributed by atoms with van der Waals surface area (Å²) in [6, 6.07) is 15.3. The van der Waals surface area contributed by atoms with E-state index in [-0.39, 0.29) is 0 Å². The molecule has 1 aromatic heterocycles. The van der Waals surface area contributed by atoms with E-state index in [1.165, 1.54) is 27.9 Å². The number of aromatic nitrogens is 2. The molecule has 0 atom stereocenters. The first-order chi connectivity index (χ1) is 10.8. The Morgan fingerprint density at radius 2 is 1.59 bits per heavy atom. The summed E-state index contributed by atoms with van der Waals surface area (Å²) in [5.74, 6) is 0. The Labute approximate surface area is 130 Å². The molecule has 22 heavy (non-hydrogen) atoms.